The topological polar surface area (TPSA) is 82.5 Å². The minimum Gasteiger partial charge on any atom is -0.383 e. The van der Waals surface area contributed by atoms with Crippen LogP contribution in [0.4, 0.5) is 5.82 Å². The summed E-state index contributed by atoms with van der Waals surface area (Å²) in [7, 11) is 0. The summed E-state index contributed by atoms with van der Waals surface area (Å²) in [6.07, 6.45) is 1.64. The van der Waals surface area contributed by atoms with E-state index in [0.29, 0.717) is 17.3 Å². The SMILES string of the molecule is Cc1nc(-c2cnn(-c3ccccc3)n2)nc(N)c1C. The number of anilines is 1. The Balaban J connectivity index is 2.03. The maximum absolute atomic E-state index is 5.87. The molecule has 0 spiro atoms. The van der Waals surface area contributed by atoms with E-state index >= 15 is 0 Å². The molecule has 0 radical (unpaired) electrons. The summed E-state index contributed by atoms with van der Waals surface area (Å²) in [5, 5.41) is 8.62. The normalized spacial score (nSPS) is 10.7. The van der Waals surface area contributed by atoms with Crippen LogP contribution < -0.4 is 5.73 Å². The van der Waals surface area contributed by atoms with Crippen molar-refractivity contribution in [3.8, 4) is 17.2 Å². The summed E-state index contributed by atoms with van der Waals surface area (Å²) >= 11 is 0. The molecule has 0 atom stereocenters. The molecule has 0 bridgehead atoms. The van der Waals surface area contributed by atoms with Gasteiger partial charge in [0.1, 0.15) is 5.82 Å². The average molecular weight is 266 g/mol. The molecule has 0 aliphatic heterocycles. The van der Waals surface area contributed by atoms with Crippen molar-refractivity contribution in [2.75, 3.05) is 5.73 Å². The molecule has 0 saturated heterocycles. The van der Waals surface area contributed by atoms with Crippen LogP contribution >= 0.6 is 0 Å². The number of benzene rings is 1. The first-order valence-electron chi connectivity index (χ1n) is 6.24. The first-order chi connectivity index (χ1) is 9.65. The molecule has 0 unspecified atom stereocenters. The van der Waals surface area contributed by atoms with Crippen molar-refractivity contribution in [1.29, 1.82) is 0 Å². The van der Waals surface area contributed by atoms with Crippen molar-refractivity contribution in [1.82, 2.24) is 25.0 Å². The summed E-state index contributed by atoms with van der Waals surface area (Å²) < 4.78 is 0. The van der Waals surface area contributed by atoms with Crippen molar-refractivity contribution in [3.63, 3.8) is 0 Å². The number of aromatic nitrogens is 5. The third-order valence-electron chi connectivity index (χ3n) is 3.13. The maximum Gasteiger partial charge on any atom is 0.184 e. The number of aryl methyl sites for hydroxylation is 1. The lowest BCUT2D eigenvalue weighted by Crippen LogP contribution is -2.03. The van der Waals surface area contributed by atoms with Crippen LogP contribution in [0.2, 0.25) is 0 Å². The molecule has 1 aromatic carbocycles. The lowest BCUT2D eigenvalue weighted by atomic mass is 10.2. The van der Waals surface area contributed by atoms with Gasteiger partial charge in [-0.15, -0.1) is 5.10 Å². The first kappa shape index (κ1) is 12.3. The third-order valence-corrected chi connectivity index (χ3v) is 3.13. The Morgan fingerprint density at radius 3 is 2.50 bits per heavy atom. The molecular weight excluding hydrogens is 252 g/mol. The Labute approximate surface area is 116 Å². The van der Waals surface area contributed by atoms with E-state index in [1.54, 1.807) is 11.0 Å². The van der Waals surface area contributed by atoms with Gasteiger partial charge in [-0.1, -0.05) is 18.2 Å². The van der Waals surface area contributed by atoms with Gasteiger partial charge in [-0.2, -0.15) is 9.90 Å². The molecule has 3 aromatic rings. The number of nitrogens with zero attached hydrogens (tertiary/aromatic N) is 5. The molecular formula is C14H14N6. The van der Waals surface area contributed by atoms with E-state index in [-0.39, 0.29) is 0 Å². The van der Waals surface area contributed by atoms with E-state index in [1.165, 1.54) is 0 Å². The van der Waals surface area contributed by atoms with Gasteiger partial charge >= 0.3 is 0 Å². The predicted octanol–water partition coefficient (Wildman–Crippen LogP) is 1.92. The Morgan fingerprint density at radius 2 is 1.80 bits per heavy atom. The van der Waals surface area contributed by atoms with E-state index in [4.69, 9.17) is 5.73 Å². The van der Waals surface area contributed by atoms with Crippen LogP contribution in [0, 0.1) is 13.8 Å². The highest BCUT2D eigenvalue weighted by atomic mass is 15.5. The molecule has 6 heteroatoms. The zero-order valence-electron chi connectivity index (χ0n) is 11.3. The van der Waals surface area contributed by atoms with Crippen molar-refractivity contribution in [2.24, 2.45) is 0 Å². The predicted molar refractivity (Wildman–Crippen MR) is 76.3 cm³/mol. The molecule has 0 saturated carbocycles. The fraction of sp³-hybridized carbons (Fsp3) is 0.143. The number of nitrogens with two attached hydrogens (primary N) is 1. The molecule has 2 N–H and O–H groups in total. The number of hydrogen-bond acceptors (Lipinski definition) is 5. The van der Waals surface area contributed by atoms with Crippen molar-refractivity contribution >= 4 is 5.82 Å². The zero-order valence-corrected chi connectivity index (χ0v) is 11.3. The highest BCUT2D eigenvalue weighted by molar-refractivity contribution is 5.53. The minimum absolute atomic E-state index is 0.474. The fourth-order valence-corrected chi connectivity index (χ4v) is 1.82. The van der Waals surface area contributed by atoms with Crippen molar-refractivity contribution in [2.45, 2.75) is 13.8 Å². The molecule has 0 aliphatic rings. The molecule has 3 rings (SSSR count). The highest BCUT2D eigenvalue weighted by Gasteiger charge is 2.11. The smallest absolute Gasteiger partial charge is 0.184 e. The molecule has 2 heterocycles. The van der Waals surface area contributed by atoms with Crippen LogP contribution in [-0.4, -0.2) is 25.0 Å². The Hall–Kier alpha value is -2.76. The van der Waals surface area contributed by atoms with Gasteiger partial charge in [0, 0.05) is 11.3 Å². The van der Waals surface area contributed by atoms with Gasteiger partial charge in [0.25, 0.3) is 0 Å². The Bertz CT molecular complexity index is 724. The summed E-state index contributed by atoms with van der Waals surface area (Å²) in [5.74, 6) is 0.967. The van der Waals surface area contributed by atoms with Crippen LogP contribution in [0.1, 0.15) is 11.3 Å². The second-order valence-corrected chi connectivity index (χ2v) is 4.50. The lowest BCUT2D eigenvalue weighted by Gasteiger charge is -2.04. The van der Waals surface area contributed by atoms with E-state index < -0.39 is 0 Å². The number of rotatable bonds is 2. The van der Waals surface area contributed by atoms with E-state index in [2.05, 4.69) is 20.2 Å². The average Bonchev–Trinajstić information content (AvgIpc) is 2.95. The summed E-state index contributed by atoms with van der Waals surface area (Å²) in [5.41, 5.74) is 9.10. The molecule has 0 fully saturated rings. The molecule has 0 amide bonds. The third kappa shape index (κ3) is 2.11. The second kappa shape index (κ2) is 4.73. The molecule has 6 nitrogen and oxygen atoms in total. The zero-order chi connectivity index (χ0) is 14.1. The van der Waals surface area contributed by atoms with Gasteiger partial charge in [0.2, 0.25) is 0 Å². The summed E-state index contributed by atoms with van der Waals surface area (Å²) in [6.45, 7) is 3.80. The first-order valence-corrected chi connectivity index (χ1v) is 6.24. The van der Waals surface area contributed by atoms with Gasteiger partial charge in [-0.3, -0.25) is 0 Å². The number of hydrogen-bond donors (Lipinski definition) is 1. The van der Waals surface area contributed by atoms with Crippen LogP contribution in [0.3, 0.4) is 0 Å². The van der Waals surface area contributed by atoms with Gasteiger partial charge < -0.3 is 5.73 Å². The van der Waals surface area contributed by atoms with Crippen molar-refractivity contribution < 1.29 is 0 Å². The van der Waals surface area contributed by atoms with Crippen LogP contribution in [-0.2, 0) is 0 Å². The standard InChI is InChI=1S/C14H14N6/c1-9-10(2)17-14(18-13(9)15)12-8-16-20(19-12)11-6-4-3-5-7-11/h3-8H,1-2H3,(H2,15,17,18). The summed E-state index contributed by atoms with van der Waals surface area (Å²) in [6, 6.07) is 9.67. The van der Waals surface area contributed by atoms with Gasteiger partial charge in [0.15, 0.2) is 11.5 Å². The van der Waals surface area contributed by atoms with E-state index in [0.717, 1.165) is 16.9 Å². The highest BCUT2D eigenvalue weighted by Crippen LogP contribution is 2.18. The van der Waals surface area contributed by atoms with Crippen molar-refractivity contribution in [3.05, 3.63) is 47.8 Å². The monoisotopic (exact) mass is 266 g/mol. The van der Waals surface area contributed by atoms with Crippen LogP contribution in [0.5, 0.6) is 0 Å². The van der Waals surface area contributed by atoms with Gasteiger partial charge in [0.05, 0.1) is 11.9 Å². The number of nitrogen functional groups attached to an aromatic ring is 1. The van der Waals surface area contributed by atoms with Gasteiger partial charge in [-0.25, -0.2) is 9.97 Å². The molecule has 0 aliphatic carbocycles. The Morgan fingerprint density at radius 1 is 1.05 bits per heavy atom. The lowest BCUT2D eigenvalue weighted by molar-refractivity contribution is 0.752. The van der Waals surface area contributed by atoms with Crippen LogP contribution in [0.25, 0.3) is 17.2 Å². The minimum atomic E-state index is 0.474. The Kier molecular flexibility index (Phi) is 2.90. The number of para-hydroxylation sites is 1. The van der Waals surface area contributed by atoms with E-state index in [1.807, 2.05) is 44.2 Å². The molecule has 2 aromatic heterocycles. The van der Waals surface area contributed by atoms with Crippen LogP contribution in [0.15, 0.2) is 36.5 Å². The fourth-order valence-electron chi connectivity index (χ4n) is 1.82. The quantitative estimate of drug-likeness (QED) is 0.766. The largest absolute Gasteiger partial charge is 0.383 e. The summed E-state index contributed by atoms with van der Waals surface area (Å²) in [4.78, 5) is 10.2. The van der Waals surface area contributed by atoms with E-state index in [9.17, 15) is 0 Å². The molecule has 100 valence electrons. The maximum atomic E-state index is 5.87. The molecule has 20 heavy (non-hydrogen) atoms. The van der Waals surface area contributed by atoms with Gasteiger partial charge in [-0.05, 0) is 26.0 Å². The second-order valence-electron chi connectivity index (χ2n) is 4.50.